The van der Waals surface area contributed by atoms with E-state index in [0.717, 1.165) is 60.2 Å². The third kappa shape index (κ3) is 5.00. The van der Waals surface area contributed by atoms with Crippen molar-refractivity contribution in [3.8, 4) is 17.0 Å². The van der Waals surface area contributed by atoms with Crippen molar-refractivity contribution in [3.63, 3.8) is 0 Å². The minimum Gasteiger partial charge on any atom is -0.487 e. The van der Waals surface area contributed by atoms with E-state index in [4.69, 9.17) is 9.84 Å². The van der Waals surface area contributed by atoms with Crippen molar-refractivity contribution in [2.45, 2.75) is 44.8 Å². The highest BCUT2D eigenvalue weighted by Crippen LogP contribution is 2.36. The fourth-order valence-corrected chi connectivity index (χ4v) is 4.92. The van der Waals surface area contributed by atoms with E-state index in [1.807, 2.05) is 32.6 Å². The van der Waals surface area contributed by atoms with Gasteiger partial charge in [0, 0.05) is 62.7 Å². The van der Waals surface area contributed by atoms with Crippen LogP contribution in [0.3, 0.4) is 0 Å². The quantitative estimate of drug-likeness (QED) is 0.393. The monoisotopic (exact) mass is 505 g/mol. The van der Waals surface area contributed by atoms with Crippen LogP contribution in [0, 0.1) is 5.82 Å². The zero-order valence-corrected chi connectivity index (χ0v) is 21.6. The molecule has 0 spiro atoms. The maximum absolute atomic E-state index is 14.7. The Balaban J connectivity index is 1.34. The van der Waals surface area contributed by atoms with Gasteiger partial charge in [-0.15, -0.1) is 0 Å². The maximum Gasteiger partial charge on any atom is 0.253 e. The number of amides is 1. The summed E-state index contributed by atoms with van der Waals surface area (Å²) in [6.45, 7) is 2.83. The van der Waals surface area contributed by atoms with Gasteiger partial charge in [0.05, 0.1) is 23.9 Å². The number of fused-ring (bicyclic) bond motifs is 1. The molecule has 4 aromatic rings. The molecule has 37 heavy (non-hydrogen) atoms. The van der Waals surface area contributed by atoms with Crippen LogP contribution >= 0.6 is 0 Å². The molecule has 0 atom stereocenters. The summed E-state index contributed by atoms with van der Waals surface area (Å²) in [6.07, 6.45) is 8.81. The minimum absolute atomic E-state index is 0.0974. The van der Waals surface area contributed by atoms with Crippen molar-refractivity contribution >= 4 is 22.6 Å². The van der Waals surface area contributed by atoms with Crippen molar-refractivity contribution in [2.24, 2.45) is 7.05 Å². The van der Waals surface area contributed by atoms with Crippen LogP contribution in [0.15, 0.2) is 42.9 Å². The minimum atomic E-state index is -0.516. The molecule has 5 rings (SSSR count). The van der Waals surface area contributed by atoms with Gasteiger partial charge >= 0.3 is 0 Å². The number of pyridine rings is 1. The molecule has 3 heterocycles. The second kappa shape index (κ2) is 10.2. The number of nitrogens with one attached hydrogen (secondary N) is 1. The number of aromatic nitrogens is 5. The lowest BCUT2D eigenvalue weighted by Crippen LogP contribution is -2.26. The van der Waals surface area contributed by atoms with Gasteiger partial charge in [0.2, 0.25) is 0 Å². The molecule has 194 valence electrons. The number of hydrogen-bond acceptors (Lipinski definition) is 6. The van der Waals surface area contributed by atoms with E-state index >= 15 is 0 Å². The highest BCUT2D eigenvalue weighted by Gasteiger charge is 2.28. The number of anilines is 1. The van der Waals surface area contributed by atoms with E-state index < -0.39 is 5.82 Å². The first kappa shape index (κ1) is 24.7. The van der Waals surface area contributed by atoms with Crippen LogP contribution in [0.4, 0.5) is 10.2 Å². The predicted octanol–water partition coefficient (Wildman–Crippen LogP) is 4.67. The molecule has 1 saturated carbocycles. The first-order chi connectivity index (χ1) is 17.8. The Kier molecular flexibility index (Phi) is 6.82. The maximum atomic E-state index is 14.7. The number of nitrogens with zero attached hydrogens (tertiary/aromatic N) is 6. The van der Waals surface area contributed by atoms with Gasteiger partial charge in [0.1, 0.15) is 11.5 Å². The van der Waals surface area contributed by atoms with Crippen LogP contribution in [0.5, 0.6) is 5.75 Å². The fraction of sp³-hybridized carbons (Fsp3) is 0.407. The Morgan fingerprint density at radius 2 is 1.97 bits per heavy atom. The third-order valence-electron chi connectivity index (χ3n) is 6.80. The Hall–Kier alpha value is -3.95. The molecule has 1 N–H and O–H groups in total. The molecule has 3 aromatic heterocycles. The van der Waals surface area contributed by atoms with E-state index in [-0.39, 0.29) is 23.8 Å². The second-order valence-corrected chi connectivity index (χ2v) is 9.71. The Labute approximate surface area is 215 Å². The number of carbonyl (C=O) groups excluding carboxylic acids is 1. The van der Waals surface area contributed by atoms with Crippen molar-refractivity contribution in [1.29, 1.82) is 0 Å². The van der Waals surface area contributed by atoms with Gasteiger partial charge in [-0.25, -0.2) is 9.37 Å². The summed E-state index contributed by atoms with van der Waals surface area (Å²) in [5.41, 5.74) is 3.15. The van der Waals surface area contributed by atoms with Crippen LogP contribution in [-0.4, -0.2) is 62.1 Å². The van der Waals surface area contributed by atoms with Gasteiger partial charge in [0.25, 0.3) is 5.91 Å². The topological polar surface area (TPSA) is 90.1 Å². The molecular weight excluding hydrogens is 473 g/mol. The number of ether oxygens (including phenoxy) is 1. The van der Waals surface area contributed by atoms with Crippen molar-refractivity contribution < 1.29 is 13.9 Å². The lowest BCUT2D eigenvalue weighted by Gasteiger charge is -2.29. The average molecular weight is 506 g/mol. The molecule has 10 heteroatoms. The van der Waals surface area contributed by atoms with Gasteiger partial charge in [-0.3, -0.25) is 14.2 Å². The molecule has 1 aromatic carbocycles. The molecule has 1 amide bonds. The molecule has 1 fully saturated rings. The van der Waals surface area contributed by atoms with Gasteiger partial charge in [-0.1, -0.05) is 0 Å². The van der Waals surface area contributed by atoms with Crippen LogP contribution < -0.4 is 10.1 Å². The average Bonchev–Trinajstić information content (AvgIpc) is 3.48. The summed E-state index contributed by atoms with van der Waals surface area (Å²) >= 11 is 0. The summed E-state index contributed by atoms with van der Waals surface area (Å²) in [5, 5.41) is 13.6. The van der Waals surface area contributed by atoms with E-state index in [0.29, 0.717) is 5.56 Å². The van der Waals surface area contributed by atoms with E-state index in [1.165, 1.54) is 11.0 Å². The van der Waals surface area contributed by atoms with Crippen LogP contribution in [0.2, 0.25) is 0 Å². The van der Waals surface area contributed by atoms with Gasteiger partial charge in [-0.2, -0.15) is 10.2 Å². The van der Waals surface area contributed by atoms with E-state index in [9.17, 15) is 9.18 Å². The highest BCUT2D eigenvalue weighted by molar-refractivity contribution is 5.94. The second-order valence-electron chi connectivity index (χ2n) is 9.71. The van der Waals surface area contributed by atoms with Crippen molar-refractivity contribution in [1.82, 2.24) is 29.4 Å². The number of rotatable bonds is 7. The lowest BCUT2D eigenvalue weighted by molar-refractivity contribution is 0.0826. The molecule has 0 unspecified atom stereocenters. The molecule has 9 nitrogen and oxygen atoms in total. The molecular formula is C27H32FN7O2. The summed E-state index contributed by atoms with van der Waals surface area (Å²) in [6, 6.07) is 6.65. The largest absolute Gasteiger partial charge is 0.487 e. The summed E-state index contributed by atoms with van der Waals surface area (Å²) < 4.78 is 24.6. The fourth-order valence-electron chi connectivity index (χ4n) is 4.92. The van der Waals surface area contributed by atoms with Crippen molar-refractivity contribution in [2.75, 3.05) is 26.0 Å². The zero-order chi connectivity index (χ0) is 26.1. The van der Waals surface area contributed by atoms with Crippen LogP contribution in [0.25, 0.3) is 22.2 Å². The molecule has 0 aliphatic heterocycles. The first-order valence-electron chi connectivity index (χ1n) is 12.6. The number of halogens is 1. The third-order valence-corrected chi connectivity index (χ3v) is 6.80. The van der Waals surface area contributed by atoms with E-state index in [1.54, 1.807) is 30.9 Å². The van der Waals surface area contributed by atoms with Crippen LogP contribution in [0.1, 0.15) is 49.0 Å². The Bertz CT molecular complexity index is 1420. The predicted molar refractivity (Wildman–Crippen MR) is 140 cm³/mol. The van der Waals surface area contributed by atoms with Crippen LogP contribution in [-0.2, 0) is 7.05 Å². The lowest BCUT2D eigenvalue weighted by atomic mass is 9.93. The molecule has 0 radical (unpaired) electrons. The standard InChI is InChI=1S/C27H32FN7O2/c1-5-29-25-13-23-21(15-30-25)26(18-14-31-34(4)16-18)32-35(23)19-7-9-20(10-8-19)37-24-11-6-17(12-22(24)28)27(36)33(2)3/h6,11-16,19-20H,5,7-10H2,1-4H3,(H,29,30)/t19-,20+. The number of benzene rings is 1. The number of hydrogen-bond donors (Lipinski definition) is 1. The highest BCUT2D eigenvalue weighted by atomic mass is 19.1. The van der Waals surface area contributed by atoms with Crippen molar-refractivity contribution in [3.05, 3.63) is 54.2 Å². The number of carbonyl (C=O) groups is 1. The summed E-state index contributed by atoms with van der Waals surface area (Å²) in [7, 11) is 5.18. The number of aryl methyl sites for hydroxylation is 1. The summed E-state index contributed by atoms with van der Waals surface area (Å²) in [5.74, 6) is 0.245. The Morgan fingerprint density at radius 1 is 1.19 bits per heavy atom. The molecule has 1 aliphatic rings. The zero-order valence-electron chi connectivity index (χ0n) is 21.6. The molecule has 0 saturated heterocycles. The SMILES string of the molecule is CCNc1cc2c(cn1)c(-c1cnn(C)c1)nn2[C@H]1CC[C@@H](Oc2ccc(C(=O)N(C)C)cc2F)CC1. The first-order valence-corrected chi connectivity index (χ1v) is 12.6. The van der Waals surface area contributed by atoms with E-state index in [2.05, 4.69) is 26.1 Å². The Morgan fingerprint density at radius 3 is 2.62 bits per heavy atom. The smallest absolute Gasteiger partial charge is 0.253 e. The summed E-state index contributed by atoms with van der Waals surface area (Å²) in [4.78, 5) is 18.1. The van der Waals surface area contributed by atoms with Gasteiger partial charge in [0.15, 0.2) is 11.6 Å². The van der Waals surface area contributed by atoms with Gasteiger partial charge in [-0.05, 0) is 50.8 Å². The molecule has 1 aliphatic carbocycles. The molecule has 0 bridgehead atoms. The van der Waals surface area contributed by atoms with Gasteiger partial charge < -0.3 is 15.0 Å². The normalized spacial score (nSPS) is 17.6.